The topological polar surface area (TPSA) is 32.3 Å². The molecule has 0 aromatic carbocycles. The quantitative estimate of drug-likeness (QED) is 0.833. The van der Waals surface area contributed by atoms with Gasteiger partial charge in [0, 0.05) is 32.1 Å². The van der Waals surface area contributed by atoms with Gasteiger partial charge in [0.2, 0.25) is 5.91 Å². The van der Waals surface area contributed by atoms with Crippen LogP contribution in [0.3, 0.4) is 0 Å². The van der Waals surface area contributed by atoms with E-state index in [4.69, 9.17) is 0 Å². The number of rotatable bonds is 2. The molecule has 1 atom stereocenters. The van der Waals surface area contributed by atoms with Crippen molar-refractivity contribution in [2.45, 2.75) is 71.9 Å². The van der Waals surface area contributed by atoms with E-state index in [0.29, 0.717) is 35.2 Å². The van der Waals surface area contributed by atoms with E-state index >= 15 is 0 Å². The summed E-state index contributed by atoms with van der Waals surface area (Å²) in [6, 6.07) is 1.09. The molecule has 1 N–H and O–H groups in total. The van der Waals surface area contributed by atoms with Crippen molar-refractivity contribution in [3.63, 3.8) is 0 Å². The molecule has 1 unspecified atom stereocenters. The van der Waals surface area contributed by atoms with Gasteiger partial charge in [0.15, 0.2) is 0 Å². The van der Waals surface area contributed by atoms with Crippen LogP contribution in [-0.4, -0.2) is 36.5 Å². The molecule has 3 heteroatoms. The standard InChI is InChI=1S/C16H30N2O/c1-15(2)8-13(9-16(3,4)11-15)17-12-6-7-14(19)18(5)10-12/h12-13,17H,6-11H2,1-5H3. The van der Waals surface area contributed by atoms with E-state index in [-0.39, 0.29) is 0 Å². The second-order valence-electron chi connectivity index (χ2n) is 8.29. The highest BCUT2D eigenvalue weighted by atomic mass is 16.2. The Hall–Kier alpha value is -0.570. The molecule has 3 nitrogen and oxygen atoms in total. The summed E-state index contributed by atoms with van der Waals surface area (Å²) in [6.07, 6.45) is 5.52. The predicted octanol–water partition coefficient (Wildman–Crippen LogP) is 2.80. The number of likely N-dealkylation sites (tertiary alicyclic amines) is 1. The molecule has 0 aromatic heterocycles. The normalized spacial score (nSPS) is 31.5. The lowest BCUT2D eigenvalue weighted by atomic mass is 9.63. The van der Waals surface area contributed by atoms with Crippen molar-refractivity contribution in [1.29, 1.82) is 0 Å². The molecule has 0 bridgehead atoms. The number of nitrogens with zero attached hydrogens (tertiary/aromatic N) is 1. The molecular weight excluding hydrogens is 236 g/mol. The van der Waals surface area contributed by atoms with Gasteiger partial charge in [-0.3, -0.25) is 4.79 Å². The van der Waals surface area contributed by atoms with Crippen molar-refractivity contribution in [2.24, 2.45) is 10.8 Å². The summed E-state index contributed by atoms with van der Waals surface area (Å²) < 4.78 is 0. The molecule has 0 spiro atoms. The summed E-state index contributed by atoms with van der Waals surface area (Å²) in [7, 11) is 1.92. The van der Waals surface area contributed by atoms with Crippen LogP contribution in [0.15, 0.2) is 0 Å². The maximum absolute atomic E-state index is 11.5. The van der Waals surface area contributed by atoms with Gasteiger partial charge in [-0.15, -0.1) is 0 Å². The summed E-state index contributed by atoms with van der Waals surface area (Å²) in [5, 5.41) is 3.83. The maximum atomic E-state index is 11.5. The number of hydrogen-bond acceptors (Lipinski definition) is 2. The van der Waals surface area contributed by atoms with Gasteiger partial charge >= 0.3 is 0 Å². The van der Waals surface area contributed by atoms with Gasteiger partial charge in [0.25, 0.3) is 0 Å². The summed E-state index contributed by atoms with van der Waals surface area (Å²) in [5.41, 5.74) is 0.853. The molecule has 1 aliphatic heterocycles. The molecule has 110 valence electrons. The highest BCUT2D eigenvalue weighted by molar-refractivity contribution is 5.76. The minimum Gasteiger partial charge on any atom is -0.344 e. The predicted molar refractivity (Wildman–Crippen MR) is 79.0 cm³/mol. The lowest BCUT2D eigenvalue weighted by Crippen LogP contribution is -2.53. The monoisotopic (exact) mass is 266 g/mol. The average Bonchev–Trinajstić information content (AvgIpc) is 2.18. The number of amides is 1. The van der Waals surface area contributed by atoms with E-state index in [9.17, 15) is 4.79 Å². The summed E-state index contributed by atoms with van der Waals surface area (Å²) in [4.78, 5) is 13.4. The van der Waals surface area contributed by atoms with Gasteiger partial charge in [-0.05, 0) is 36.5 Å². The first-order valence-corrected chi connectivity index (χ1v) is 7.67. The Bertz CT molecular complexity index is 333. The Morgan fingerprint density at radius 3 is 2.21 bits per heavy atom. The number of carbonyl (C=O) groups excluding carboxylic acids is 1. The van der Waals surface area contributed by atoms with E-state index in [2.05, 4.69) is 33.0 Å². The van der Waals surface area contributed by atoms with E-state index in [0.717, 1.165) is 13.0 Å². The molecule has 2 fully saturated rings. The number of hydrogen-bond donors (Lipinski definition) is 1. The Morgan fingerprint density at radius 1 is 1.11 bits per heavy atom. The van der Waals surface area contributed by atoms with Crippen molar-refractivity contribution in [2.75, 3.05) is 13.6 Å². The third kappa shape index (κ3) is 3.95. The van der Waals surface area contributed by atoms with E-state index < -0.39 is 0 Å². The number of likely N-dealkylation sites (N-methyl/N-ethyl adjacent to an activating group) is 1. The van der Waals surface area contributed by atoms with Gasteiger partial charge < -0.3 is 10.2 Å². The van der Waals surface area contributed by atoms with Crippen molar-refractivity contribution in [3.05, 3.63) is 0 Å². The van der Waals surface area contributed by atoms with Gasteiger partial charge in [-0.25, -0.2) is 0 Å². The van der Waals surface area contributed by atoms with Crippen LogP contribution < -0.4 is 5.32 Å². The minimum atomic E-state index is 0.294. The van der Waals surface area contributed by atoms with Gasteiger partial charge in [0.1, 0.15) is 0 Å². The van der Waals surface area contributed by atoms with Gasteiger partial charge in [-0.1, -0.05) is 27.7 Å². The lowest BCUT2D eigenvalue weighted by Gasteiger charge is -2.46. The zero-order chi connectivity index (χ0) is 14.3. The van der Waals surface area contributed by atoms with Crippen molar-refractivity contribution in [1.82, 2.24) is 10.2 Å². The number of nitrogens with one attached hydrogen (secondary N) is 1. The van der Waals surface area contributed by atoms with Crippen LogP contribution in [0.25, 0.3) is 0 Å². The number of piperidine rings is 1. The summed E-state index contributed by atoms with van der Waals surface area (Å²) >= 11 is 0. The first kappa shape index (κ1) is 14.8. The lowest BCUT2D eigenvalue weighted by molar-refractivity contribution is -0.132. The highest BCUT2D eigenvalue weighted by Crippen LogP contribution is 2.45. The molecule has 1 heterocycles. The van der Waals surface area contributed by atoms with E-state index in [1.165, 1.54) is 19.3 Å². The van der Waals surface area contributed by atoms with Crippen LogP contribution in [0.1, 0.15) is 59.8 Å². The smallest absolute Gasteiger partial charge is 0.222 e. The van der Waals surface area contributed by atoms with Crippen LogP contribution in [0.5, 0.6) is 0 Å². The van der Waals surface area contributed by atoms with Crippen molar-refractivity contribution in [3.8, 4) is 0 Å². The maximum Gasteiger partial charge on any atom is 0.222 e. The first-order valence-electron chi connectivity index (χ1n) is 7.67. The first-order chi connectivity index (χ1) is 8.67. The summed E-state index contributed by atoms with van der Waals surface area (Å²) in [5.74, 6) is 0.294. The minimum absolute atomic E-state index is 0.294. The molecule has 19 heavy (non-hydrogen) atoms. The molecule has 2 aliphatic rings. The van der Waals surface area contributed by atoms with Crippen molar-refractivity contribution < 1.29 is 4.79 Å². The highest BCUT2D eigenvalue weighted by Gasteiger charge is 2.39. The Balaban J connectivity index is 1.93. The number of carbonyl (C=O) groups is 1. The van der Waals surface area contributed by atoms with Crippen molar-refractivity contribution >= 4 is 5.91 Å². The SMILES string of the molecule is CN1CC(NC2CC(C)(C)CC(C)(C)C2)CCC1=O. The fourth-order valence-corrected chi connectivity index (χ4v) is 4.45. The van der Waals surface area contributed by atoms with Crippen LogP contribution in [0.4, 0.5) is 0 Å². The fraction of sp³-hybridized carbons (Fsp3) is 0.938. The van der Waals surface area contributed by atoms with E-state index in [1.807, 2.05) is 11.9 Å². The zero-order valence-corrected chi connectivity index (χ0v) is 13.3. The molecule has 1 saturated heterocycles. The fourth-order valence-electron chi connectivity index (χ4n) is 4.45. The van der Waals surface area contributed by atoms with Crippen LogP contribution in [0.2, 0.25) is 0 Å². The molecule has 2 rings (SSSR count). The second kappa shape index (κ2) is 5.08. The Kier molecular flexibility index (Phi) is 3.97. The van der Waals surface area contributed by atoms with E-state index in [1.54, 1.807) is 0 Å². The van der Waals surface area contributed by atoms with Gasteiger partial charge in [0.05, 0.1) is 0 Å². The second-order valence-corrected chi connectivity index (χ2v) is 8.29. The van der Waals surface area contributed by atoms with Crippen LogP contribution in [-0.2, 0) is 4.79 Å². The Morgan fingerprint density at radius 2 is 1.68 bits per heavy atom. The molecule has 1 amide bonds. The third-order valence-electron chi connectivity index (χ3n) is 4.65. The molecule has 0 aromatic rings. The third-order valence-corrected chi connectivity index (χ3v) is 4.65. The molecule has 0 radical (unpaired) electrons. The summed E-state index contributed by atoms with van der Waals surface area (Å²) in [6.45, 7) is 10.4. The Labute approximate surface area is 118 Å². The molecule has 1 aliphatic carbocycles. The largest absolute Gasteiger partial charge is 0.344 e. The average molecular weight is 266 g/mol. The zero-order valence-electron chi connectivity index (χ0n) is 13.3. The molecular formula is C16H30N2O. The molecule has 1 saturated carbocycles. The van der Waals surface area contributed by atoms with Gasteiger partial charge in [-0.2, -0.15) is 0 Å². The van der Waals surface area contributed by atoms with Crippen LogP contribution in [0, 0.1) is 10.8 Å². The van der Waals surface area contributed by atoms with Crippen LogP contribution >= 0.6 is 0 Å².